The summed E-state index contributed by atoms with van der Waals surface area (Å²) in [4.78, 5) is 2.29. The van der Waals surface area contributed by atoms with Crippen molar-refractivity contribution in [1.29, 1.82) is 0 Å². The Labute approximate surface area is 104 Å². The van der Waals surface area contributed by atoms with Crippen LogP contribution in [0.3, 0.4) is 0 Å². The molecule has 1 aliphatic heterocycles. The minimum atomic E-state index is -0.124. The zero-order valence-corrected chi connectivity index (χ0v) is 10.9. The zero-order chi connectivity index (χ0) is 11.5. The molecule has 1 heterocycles. The van der Waals surface area contributed by atoms with Crippen LogP contribution >= 0.6 is 15.9 Å². The van der Waals surface area contributed by atoms with Crippen molar-refractivity contribution < 1.29 is 4.39 Å². The van der Waals surface area contributed by atoms with E-state index in [4.69, 9.17) is 0 Å². The molecule has 0 radical (unpaired) electrons. The Balaban J connectivity index is 2.02. The minimum absolute atomic E-state index is 0.124. The largest absolute Gasteiger partial charge is 0.312 e. The summed E-state index contributed by atoms with van der Waals surface area (Å²) in [6.07, 6.45) is 0. The molecule has 1 N–H and O–H groups in total. The summed E-state index contributed by atoms with van der Waals surface area (Å²) >= 11 is 3.27. The molecule has 0 unspecified atom stereocenters. The molecular formula is C12H16BrFN2. The van der Waals surface area contributed by atoms with E-state index in [0.29, 0.717) is 12.6 Å². The fourth-order valence-electron chi connectivity index (χ4n) is 2.05. The lowest BCUT2D eigenvalue weighted by atomic mass is 10.1. The lowest BCUT2D eigenvalue weighted by Crippen LogP contribution is -2.48. The Bertz CT molecular complexity index is 370. The summed E-state index contributed by atoms with van der Waals surface area (Å²) in [5.41, 5.74) is 0.775. The predicted molar refractivity (Wildman–Crippen MR) is 66.8 cm³/mol. The van der Waals surface area contributed by atoms with Gasteiger partial charge in [0, 0.05) is 42.3 Å². The lowest BCUT2D eigenvalue weighted by Gasteiger charge is -2.31. The van der Waals surface area contributed by atoms with E-state index in [-0.39, 0.29) is 5.82 Å². The summed E-state index contributed by atoms with van der Waals surface area (Å²) < 4.78 is 14.4. The molecule has 1 saturated heterocycles. The van der Waals surface area contributed by atoms with Gasteiger partial charge in [-0.2, -0.15) is 0 Å². The molecule has 2 nitrogen and oxygen atoms in total. The van der Waals surface area contributed by atoms with Crippen LogP contribution in [0.4, 0.5) is 4.39 Å². The standard InChI is InChI=1S/C12H16BrFN2/c1-9-7-16(5-4-15-9)8-10-2-3-11(13)6-12(10)14/h2-3,6,9,15H,4-5,7-8H2,1H3/t9-/m1/s1. The van der Waals surface area contributed by atoms with Crippen molar-refractivity contribution in [2.75, 3.05) is 19.6 Å². The first-order chi connectivity index (χ1) is 7.65. The van der Waals surface area contributed by atoms with Gasteiger partial charge in [0.25, 0.3) is 0 Å². The third kappa shape index (κ3) is 3.03. The average molecular weight is 287 g/mol. The molecule has 1 aromatic carbocycles. The van der Waals surface area contributed by atoms with Crippen LogP contribution in [0.15, 0.2) is 22.7 Å². The van der Waals surface area contributed by atoms with Crippen molar-refractivity contribution in [3.05, 3.63) is 34.1 Å². The number of hydrogen-bond acceptors (Lipinski definition) is 2. The maximum Gasteiger partial charge on any atom is 0.128 e. The maximum atomic E-state index is 13.6. The predicted octanol–water partition coefficient (Wildman–Crippen LogP) is 2.38. The van der Waals surface area contributed by atoms with E-state index in [9.17, 15) is 4.39 Å². The topological polar surface area (TPSA) is 15.3 Å². The molecule has 2 rings (SSSR count). The van der Waals surface area contributed by atoms with Crippen LogP contribution in [0.1, 0.15) is 12.5 Å². The fraction of sp³-hybridized carbons (Fsp3) is 0.500. The second kappa shape index (κ2) is 5.25. The van der Waals surface area contributed by atoms with Gasteiger partial charge >= 0.3 is 0 Å². The Kier molecular flexibility index (Phi) is 3.95. The van der Waals surface area contributed by atoms with Gasteiger partial charge in [0.15, 0.2) is 0 Å². The molecule has 88 valence electrons. The number of halogens is 2. The molecule has 0 aliphatic carbocycles. The summed E-state index contributed by atoms with van der Waals surface area (Å²) in [5.74, 6) is -0.124. The van der Waals surface area contributed by atoms with Gasteiger partial charge in [-0.15, -0.1) is 0 Å². The van der Waals surface area contributed by atoms with Gasteiger partial charge in [-0.1, -0.05) is 22.0 Å². The third-order valence-corrected chi connectivity index (χ3v) is 3.36. The highest BCUT2D eigenvalue weighted by Crippen LogP contribution is 2.17. The third-order valence-electron chi connectivity index (χ3n) is 2.86. The van der Waals surface area contributed by atoms with E-state index in [0.717, 1.165) is 29.7 Å². The van der Waals surface area contributed by atoms with E-state index in [1.165, 1.54) is 6.07 Å². The van der Waals surface area contributed by atoms with Crippen LogP contribution in [0.2, 0.25) is 0 Å². The number of rotatable bonds is 2. The van der Waals surface area contributed by atoms with Crippen LogP contribution in [-0.4, -0.2) is 30.6 Å². The summed E-state index contributed by atoms with van der Waals surface area (Å²) in [6.45, 7) is 5.81. The number of hydrogen-bond donors (Lipinski definition) is 1. The maximum absolute atomic E-state index is 13.6. The molecule has 1 aromatic rings. The van der Waals surface area contributed by atoms with Crippen molar-refractivity contribution in [1.82, 2.24) is 10.2 Å². The van der Waals surface area contributed by atoms with Gasteiger partial charge in [0.1, 0.15) is 5.82 Å². The Morgan fingerprint density at radius 2 is 2.38 bits per heavy atom. The first-order valence-corrected chi connectivity index (χ1v) is 6.34. The number of piperazine rings is 1. The van der Waals surface area contributed by atoms with Crippen molar-refractivity contribution in [2.24, 2.45) is 0 Å². The number of nitrogens with one attached hydrogen (secondary N) is 1. The minimum Gasteiger partial charge on any atom is -0.312 e. The van der Waals surface area contributed by atoms with Crippen molar-refractivity contribution in [3.8, 4) is 0 Å². The van der Waals surface area contributed by atoms with Gasteiger partial charge in [0.05, 0.1) is 0 Å². The van der Waals surface area contributed by atoms with Gasteiger partial charge in [-0.05, 0) is 19.1 Å². The van der Waals surface area contributed by atoms with Gasteiger partial charge < -0.3 is 5.32 Å². The van der Waals surface area contributed by atoms with Crippen LogP contribution in [0.25, 0.3) is 0 Å². The second-order valence-electron chi connectivity index (χ2n) is 4.33. The lowest BCUT2D eigenvalue weighted by molar-refractivity contribution is 0.197. The SMILES string of the molecule is C[C@@H]1CN(Cc2ccc(Br)cc2F)CCN1. The molecule has 0 saturated carbocycles. The van der Waals surface area contributed by atoms with Crippen LogP contribution in [0.5, 0.6) is 0 Å². The molecule has 16 heavy (non-hydrogen) atoms. The van der Waals surface area contributed by atoms with E-state index in [1.54, 1.807) is 0 Å². The average Bonchev–Trinajstić information content (AvgIpc) is 2.22. The molecule has 0 amide bonds. The Morgan fingerprint density at radius 3 is 3.06 bits per heavy atom. The highest BCUT2D eigenvalue weighted by atomic mass is 79.9. The van der Waals surface area contributed by atoms with Crippen molar-refractivity contribution in [2.45, 2.75) is 19.5 Å². The molecular weight excluding hydrogens is 271 g/mol. The molecule has 0 bridgehead atoms. The normalized spacial score (nSPS) is 22.3. The summed E-state index contributed by atoms with van der Waals surface area (Å²) in [6, 6.07) is 5.77. The number of benzene rings is 1. The first-order valence-electron chi connectivity index (χ1n) is 5.55. The van der Waals surface area contributed by atoms with E-state index >= 15 is 0 Å². The van der Waals surface area contributed by atoms with Gasteiger partial charge in [-0.3, -0.25) is 4.90 Å². The van der Waals surface area contributed by atoms with Crippen LogP contribution in [0, 0.1) is 5.82 Å². The second-order valence-corrected chi connectivity index (χ2v) is 5.24. The number of nitrogens with zero attached hydrogens (tertiary/aromatic N) is 1. The molecule has 4 heteroatoms. The molecule has 1 fully saturated rings. The fourth-order valence-corrected chi connectivity index (χ4v) is 2.38. The molecule has 1 atom stereocenters. The molecule has 0 spiro atoms. The zero-order valence-electron chi connectivity index (χ0n) is 9.34. The first kappa shape index (κ1) is 12.0. The van der Waals surface area contributed by atoms with Gasteiger partial charge in [-0.25, -0.2) is 4.39 Å². The summed E-state index contributed by atoms with van der Waals surface area (Å²) in [5, 5.41) is 3.38. The Hall–Kier alpha value is -0.450. The van der Waals surface area contributed by atoms with E-state index in [2.05, 4.69) is 33.1 Å². The monoisotopic (exact) mass is 286 g/mol. The molecule has 1 aliphatic rings. The highest BCUT2D eigenvalue weighted by Gasteiger charge is 2.16. The van der Waals surface area contributed by atoms with Crippen molar-refractivity contribution in [3.63, 3.8) is 0 Å². The highest BCUT2D eigenvalue weighted by molar-refractivity contribution is 9.10. The molecule has 0 aromatic heterocycles. The Morgan fingerprint density at radius 1 is 1.56 bits per heavy atom. The smallest absolute Gasteiger partial charge is 0.128 e. The summed E-state index contributed by atoms with van der Waals surface area (Å²) in [7, 11) is 0. The van der Waals surface area contributed by atoms with Crippen molar-refractivity contribution >= 4 is 15.9 Å². The van der Waals surface area contributed by atoms with E-state index in [1.807, 2.05) is 12.1 Å². The van der Waals surface area contributed by atoms with Crippen LogP contribution in [-0.2, 0) is 6.54 Å². The van der Waals surface area contributed by atoms with E-state index < -0.39 is 0 Å². The quantitative estimate of drug-likeness (QED) is 0.898. The van der Waals surface area contributed by atoms with Gasteiger partial charge in [0.2, 0.25) is 0 Å². The van der Waals surface area contributed by atoms with Crippen LogP contribution < -0.4 is 5.32 Å².